The summed E-state index contributed by atoms with van der Waals surface area (Å²) in [6.45, 7) is 2.93. The fourth-order valence-electron chi connectivity index (χ4n) is 0.930. The van der Waals surface area contributed by atoms with Crippen LogP contribution in [0.2, 0.25) is 6.04 Å². The zero-order valence-corrected chi connectivity index (χ0v) is 9.57. The van der Waals surface area contributed by atoms with Crippen molar-refractivity contribution in [3.8, 4) is 0 Å². The van der Waals surface area contributed by atoms with Crippen LogP contribution in [0, 0.1) is 0 Å². The molecule has 1 atom stereocenters. The predicted molar refractivity (Wildman–Crippen MR) is 51.5 cm³/mol. The Morgan fingerprint density at radius 2 is 2.38 bits per heavy atom. The first-order valence-electron chi connectivity index (χ1n) is 4.69. The number of ether oxygens (including phenoxy) is 3. The third-order valence-corrected chi connectivity index (χ3v) is 2.98. The maximum atomic E-state index is 5.37. The highest BCUT2D eigenvalue weighted by Crippen LogP contribution is 2.08. The molecule has 0 saturated carbocycles. The fraction of sp³-hybridized carbons (Fsp3) is 1.00. The van der Waals surface area contributed by atoms with Crippen molar-refractivity contribution in [1.82, 2.24) is 0 Å². The molecule has 1 rings (SSSR count). The molecule has 1 fully saturated rings. The molecule has 1 heterocycles. The van der Waals surface area contributed by atoms with Crippen molar-refractivity contribution in [2.45, 2.75) is 18.6 Å². The van der Waals surface area contributed by atoms with Crippen LogP contribution in [0.3, 0.4) is 0 Å². The first-order valence-corrected chi connectivity index (χ1v) is 6.27. The van der Waals surface area contributed by atoms with Gasteiger partial charge >= 0.3 is 0 Å². The minimum absolute atomic E-state index is 0.368. The van der Waals surface area contributed by atoms with E-state index in [1.165, 1.54) is 0 Å². The van der Waals surface area contributed by atoms with Crippen LogP contribution in [0.15, 0.2) is 0 Å². The van der Waals surface area contributed by atoms with Gasteiger partial charge in [-0.2, -0.15) is 0 Å². The maximum absolute atomic E-state index is 5.37. The summed E-state index contributed by atoms with van der Waals surface area (Å²) < 4.78 is 20.4. The minimum atomic E-state index is -0.368. The molecular formula is C8H18O4Si. The van der Waals surface area contributed by atoms with E-state index in [0.29, 0.717) is 12.9 Å². The van der Waals surface area contributed by atoms with Crippen LogP contribution in [-0.2, 0) is 18.6 Å². The maximum Gasteiger partial charge on any atom is 0.164 e. The van der Waals surface area contributed by atoms with E-state index in [2.05, 4.69) is 0 Å². The van der Waals surface area contributed by atoms with E-state index < -0.39 is 0 Å². The zero-order chi connectivity index (χ0) is 9.36. The van der Waals surface area contributed by atoms with Crippen LogP contribution in [-0.4, -0.2) is 49.6 Å². The van der Waals surface area contributed by atoms with Crippen LogP contribution in [0.5, 0.6) is 0 Å². The van der Waals surface area contributed by atoms with Crippen LogP contribution in [0.4, 0.5) is 0 Å². The van der Waals surface area contributed by atoms with E-state index >= 15 is 0 Å². The molecule has 1 aliphatic heterocycles. The Labute approximate surface area is 81.4 Å². The molecule has 0 bridgehead atoms. The van der Waals surface area contributed by atoms with Gasteiger partial charge in [0.2, 0.25) is 0 Å². The van der Waals surface area contributed by atoms with Gasteiger partial charge in [0.1, 0.15) is 12.9 Å². The topological polar surface area (TPSA) is 40.2 Å². The van der Waals surface area contributed by atoms with Gasteiger partial charge in [-0.25, -0.2) is 0 Å². The van der Waals surface area contributed by atoms with Gasteiger partial charge in [0, 0.05) is 13.7 Å². The quantitative estimate of drug-likeness (QED) is 0.229. The predicted octanol–water partition coefficient (Wildman–Crippen LogP) is -0.0855. The third kappa shape index (κ3) is 7.15. The van der Waals surface area contributed by atoms with Gasteiger partial charge in [0.05, 0.1) is 13.2 Å². The fourth-order valence-corrected chi connectivity index (χ4v) is 1.83. The second-order valence-electron chi connectivity index (χ2n) is 3.05. The summed E-state index contributed by atoms with van der Waals surface area (Å²) in [6, 6.07) is 1.16. The van der Waals surface area contributed by atoms with Gasteiger partial charge in [-0.15, -0.1) is 0 Å². The van der Waals surface area contributed by atoms with Crippen molar-refractivity contribution in [2.24, 2.45) is 0 Å². The Morgan fingerprint density at radius 1 is 1.54 bits per heavy atom. The van der Waals surface area contributed by atoms with Gasteiger partial charge in [0.25, 0.3) is 0 Å². The number of epoxide rings is 1. The van der Waals surface area contributed by atoms with Gasteiger partial charge in [-0.1, -0.05) is 0 Å². The summed E-state index contributed by atoms with van der Waals surface area (Å²) >= 11 is 0. The second kappa shape index (κ2) is 7.46. The van der Waals surface area contributed by atoms with Crippen LogP contribution < -0.4 is 0 Å². The van der Waals surface area contributed by atoms with E-state index in [9.17, 15) is 0 Å². The summed E-state index contributed by atoms with van der Waals surface area (Å²) in [6.07, 6.45) is 1.49. The van der Waals surface area contributed by atoms with Crippen LogP contribution >= 0.6 is 0 Å². The molecule has 4 nitrogen and oxygen atoms in total. The minimum Gasteiger partial charge on any atom is -0.402 e. The van der Waals surface area contributed by atoms with Crippen molar-refractivity contribution in [3.63, 3.8) is 0 Å². The lowest BCUT2D eigenvalue weighted by Gasteiger charge is -2.02. The lowest BCUT2D eigenvalue weighted by Crippen LogP contribution is -2.05. The lowest BCUT2D eigenvalue weighted by molar-refractivity contribution is 0.0530. The van der Waals surface area contributed by atoms with Gasteiger partial charge < -0.3 is 18.6 Å². The lowest BCUT2D eigenvalue weighted by atomic mass is 10.5. The normalized spacial score (nSPS) is 21.5. The number of rotatable bonds is 9. The van der Waals surface area contributed by atoms with Crippen LogP contribution in [0.1, 0.15) is 6.42 Å². The Kier molecular flexibility index (Phi) is 6.39. The average Bonchev–Trinajstić information content (AvgIpc) is 2.93. The molecule has 0 aromatic carbocycles. The van der Waals surface area contributed by atoms with Crippen molar-refractivity contribution in [2.75, 3.05) is 33.7 Å². The highest BCUT2D eigenvalue weighted by atomic mass is 28.2. The SMILES string of the molecule is COCO[SiH2]CCCOCC1CO1. The molecule has 1 aliphatic rings. The zero-order valence-electron chi connectivity index (χ0n) is 8.16. The molecule has 0 aromatic heterocycles. The molecule has 0 N–H and O–H groups in total. The largest absolute Gasteiger partial charge is 0.402 e. The van der Waals surface area contributed by atoms with E-state index in [1.807, 2.05) is 0 Å². The van der Waals surface area contributed by atoms with E-state index in [1.54, 1.807) is 7.11 Å². The molecular weight excluding hydrogens is 188 g/mol. The Balaban J connectivity index is 1.63. The molecule has 0 aliphatic carbocycles. The van der Waals surface area contributed by atoms with Gasteiger partial charge in [0.15, 0.2) is 9.76 Å². The number of hydrogen-bond donors (Lipinski definition) is 0. The van der Waals surface area contributed by atoms with Gasteiger partial charge in [-0.05, 0) is 12.5 Å². The number of hydrogen-bond acceptors (Lipinski definition) is 4. The molecule has 5 heteroatoms. The third-order valence-electron chi connectivity index (χ3n) is 1.73. The molecule has 0 radical (unpaired) electrons. The van der Waals surface area contributed by atoms with Crippen molar-refractivity contribution in [3.05, 3.63) is 0 Å². The summed E-state index contributed by atoms with van der Waals surface area (Å²) in [7, 11) is 1.28. The highest BCUT2D eigenvalue weighted by Gasteiger charge is 2.21. The van der Waals surface area contributed by atoms with E-state index in [4.69, 9.17) is 18.6 Å². The Hall–Kier alpha value is 0.0569. The molecule has 1 saturated heterocycles. The summed E-state index contributed by atoms with van der Waals surface area (Å²) in [4.78, 5) is 0. The smallest absolute Gasteiger partial charge is 0.164 e. The van der Waals surface area contributed by atoms with Crippen molar-refractivity contribution in [1.29, 1.82) is 0 Å². The highest BCUT2D eigenvalue weighted by molar-refractivity contribution is 6.26. The van der Waals surface area contributed by atoms with E-state index in [0.717, 1.165) is 32.3 Å². The average molecular weight is 206 g/mol. The summed E-state index contributed by atoms with van der Waals surface area (Å²) in [5, 5.41) is 0. The number of methoxy groups -OCH3 is 1. The van der Waals surface area contributed by atoms with Gasteiger partial charge in [-0.3, -0.25) is 0 Å². The summed E-state index contributed by atoms with van der Waals surface area (Å²) in [5.74, 6) is 0. The van der Waals surface area contributed by atoms with Crippen LogP contribution in [0.25, 0.3) is 0 Å². The molecule has 78 valence electrons. The molecule has 0 spiro atoms. The molecule has 1 unspecified atom stereocenters. The Bertz CT molecular complexity index is 119. The second-order valence-corrected chi connectivity index (χ2v) is 4.58. The Morgan fingerprint density at radius 3 is 3.08 bits per heavy atom. The summed E-state index contributed by atoms with van der Waals surface area (Å²) in [5.41, 5.74) is 0. The first kappa shape index (κ1) is 11.1. The molecule has 13 heavy (non-hydrogen) atoms. The standard InChI is InChI=1S/C8H18O4Si/c1-9-7-12-13-4-2-3-10-5-8-6-11-8/h8H,2-7,13H2,1H3. The first-order chi connectivity index (χ1) is 6.43. The molecule has 0 amide bonds. The monoisotopic (exact) mass is 206 g/mol. The van der Waals surface area contributed by atoms with E-state index in [-0.39, 0.29) is 9.76 Å². The molecule has 0 aromatic rings. The van der Waals surface area contributed by atoms with Crippen molar-refractivity contribution < 1.29 is 18.6 Å². The van der Waals surface area contributed by atoms with Crippen molar-refractivity contribution >= 4 is 9.76 Å².